The van der Waals surface area contributed by atoms with E-state index in [-0.39, 0.29) is 17.7 Å². The molecule has 0 bridgehead atoms. The lowest BCUT2D eigenvalue weighted by atomic mass is 9.94. The first kappa shape index (κ1) is 21.5. The zero-order chi connectivity index (χ0) is 22.8. The number of amides is 2. The highest BCUT2D eigenvalue weighted by Crippen LogP contribution is 2.26. The van der Waals surface area contributed by atoms with E-state index in [2.05, 4.69) is 16.4 Å². The lowest BCUT2D eigenvalue weighted by Crippen LogP contribution is -2.41. The fourth-order valence-electron chi connectivity index (χ4n) is 4.84. The smallest absolute Gasteiger partial charge is 0.274 e. The molecule has 7 nitrogen and oxygen atoms in total. The Hall–Kier alpha value is -3.35. The van der Waals surface area contributed by atoms with Gasteiger partial charge in [0.1, 0.15) is 17.1 Å². The molecule has 2 aromatic heterocycles. The molecule has 7 heteroatoms. The van der Waals surface area contributed by atoms with Crippen molar-refractivity contribution in [3.63, 3.8) is 0 Å². The summed E-state index contributed by atoms with van der Waals surface area (Å²) >= 11 is 0. The van der Waals surface area contributed by atoms with E-state index in [1.165, 1.54) is 5.56 Å². The summed E-state index contributed by atoms with van der Waals surface area (Å²) in [6, 6.07) is 10.1. The molecule has 1 N–H and O–H groups in total. The van der Waals surface area contributed by atoms with Crippen LogP contribution in [0.15, 0.2) is 42.7 Å². The number of aromatic nitrogens is 2. The standard InChI is InChI=1S/C26H30N4O3/c1-18-6-9-24-28-22(17-30(24)15-18)26(32)29-10-2-4-20(16-29)13-25(31)27-14-19-7-8-23-21(12-19)5-3-11-33-23/h6-9,12,15,17,20H,2-5,10-11,13-14,16H2,1H3,(H,27,31)/t20-/m0/s1. The zero-order valence-electron chi connectivity index (χ0n) is 19.0. The van der Waals surface area contributed by atoms with Gasteiger partial charge in [-0.3, -0.25) is 9.59 Å². The minimum absolute atomic E-state index is 0.0338. The molecule has 1 fully saturated rings. The molecule has 0 spiro atoms. The number of fused-ring (bicyclic) bond motifs is 2. The highest BCUT2D eigenvalue weighted by Gasteiger charge is 2.27. The van der Waals surface area contributed by atoms with Gasteiger partial charge in [0.2, 0.25) is 5.91 Å². The SMILES string of the molecule is Cc1ccc2nc(C(=O)N3CCC[C@@H](CC(=O)NCc4ccc5c(c4)CCCO5)C3)cn2c1. The van der Waals surface area contributed by atoms with Gasteiger partial charge >= 0.3 is 0 Å². The maximum absolute atomic E-state index is 13.1. The molecule has 2 aliphatic rings. The fraction of sp³-hybridized carbons (Fsp3) is 0.423. The average molecular weight is 447 g/mol. The Bertz CT molecular complexity index is 1190. The van der Waals surface area contributed by atoms with Gasteiger partial charge in [0, 0.05) is 38.4 Å². The number of imidazole rings is 1. The van der Waals surface area contributed by atoms with Crippen LogP contribution in [0.25, 0.3) is 5.65 Å². The van der Waals surface area contributed by atoms with Gasteiger partial charge in [0.05, 0.1) is 6.61 Å². The largest absolute Gasteiger partial charge is 0.493 e. The molecule has 5 rings (SSSR count). The van der Waals surface area contributed by atoms with Crippen molar-refractivity contribution in [3.05, 3.63) is 65.1 Å². The number of hydrogen-bond donors (Lipinski definition) is 1. The second-order valence-corrected chi connectivity index (χ2v) is 9.23. The summed E-state index contributed by atoms with van der Waals surface area (Å²) in [4.78, 5) is 32.0. The maximum Gasteiger partial charge on any atom is 0.274 e. The number of nitrogens with zero attached hydrogens (tertiary/aromatic N) is 3. The van der Waals surface area contributed by atoms with Gasteiger partial charge in [0.25, 0.3) is 5.91 Å². The highest BCUT2D eigenvalue weighted by atomic mass is 16.5. The first-order valence-corrected chi connectivity index (χ1v) is 11.8. The molecule has 0 radical (unpaired) electrons. The Kier molecular flexibility index (Phi) is 6.03. The zero-order valence-corrected chi connectivity index (χ0v) is 19.0. The predicted octanol–water partition coefficient (Wildman–Crippen LogP) is 3.53. The molecule has 0 saturated carbocycles. The quantitative estimate of drug-likeness (QED) is 0.651. The summed E-state index contributed by atoms with van der Waals surface area (Å²) in [5.41, 5.74) is 4.66. The Labute approximate surface area is 193 Å². The van der Waals surface area contributed by atoms with Gasteiger partial charge < -0.3 is 19.4 Å². The molecule has 2 aliphatic heterocycles. The van der Waals surface area contributed by atoms with Crippen LogP contribution in [0.4, 0.5) is 0 Å². The number of hydrogen-bond acceptors (Lipinski definition) is 4. The molecule has 4 heterocycles. The number of aryl methyl sites for hydroxylation is 2. The number of benzene rings is 1. The third kappa shape index (κ3) is 4.87. The summed E-state index contributed by atoms with van der Waals surface area (Å²) < 4.78 is 7.56. The van der Waals surface area contributed by atoms with Crippen LogP contribution in [-0.4, -0.2) is 45.8 Å². The van der Waals surface area contributed by atoms with E-state index >= 15 is 0 Å². The summed E-state index contributed by atoms with van der Waals surface area (Å²) in [6.07, 6.45) is 8.12. The lowest BCUT2D eigenvalue weighted by molar-refractivity contribution is -0.122. The molecule has 172 valence electrons. The normalized spacial score (nSPS) is 18.0. The average Bonchev–Trinajstić information content (AvgIpc) is 3.25. The topological polar surface area (TPSA) is 75.9 Å². The lowest BCUT2D eigenvalue weighted by Gasteiger charge is -2.32. The minimum atomic E-state index is -0.0576. The van der Waals surface area contributed by atoms with Crippen LogP contribution in [0.1, 0.15) is 52.9 Å². The van der Waals surface area contributed by atoms with Gasteiger partial charge in [-0.05, 0) is 67.3 Å². The van der Waals surface area contributed by atoms with Crippen molar-refractivity contribution in [3.8, 4) is 5.75 Å². The van der Waals surface area contributed by atoms with Gasteiger partial charge in [-0.2, -0.15) is 0 Å². The molecule has 0 unspecified atom stereocenters. The van der Waals surface area contributed by atoms with Gasteiger partial charge in [-0.1, -0.05) is 18.2 Å². The van der Waals surface area contributed by atoms with Gasteiger partial charge in [0.15, 0.2) is 0 Å². The van der Waals surface area contributed by atoms with Crippen LogP contribution in [0.2, 0.25) is 0 Å². The minimum Gasteiger partial charge on any atom is -0.493 e. The van der Waals surface area contributed by atoms with E-state index < -0.39 is 0 Å². The fourth-order valence-corrected chi connectivity index (χ4v) is 4.84. The summed E-state index contributed by atoms with van der Waals surface area (Å²) in [6.45, 7) is 4.61. The van der Waals surface area contributed by atoms with Crippen LogP contribution in [0.3, 0.4) is 0 Å². The molecule has 3 aromatic rings. The molecular formula is C26H30N4O3. The number of rotatable bonds is 5. The van der Waals surface area contributed by atoms with Crippen molar-refractivity contribution in [1.29, 1.82) is 0 Å². The van der Waals surface area contributed by atoms with E-state index in [1.54, 1.807) is 6.20 Å². The molecule has 1 saturated heterocycles. The first-order chi connectivity index (χ1) is 16.0. The van der Waals surface area contributed by atoms with Gasteiger partial charge in [-0.15, -0.1) is 0 Å². The van der Waals surface area contributed by atoms with Crippen molar-refractivity contribution in [2.75, 3.05) is 19.7 Å². The monoisotopic (exact) mass is 446 g/mol. The Balaban J connectivity index is 1.15. The summed E-state index contributed by atoms with van der Waals surface area (Å²) in [7, 11) is 0. The molecule has 2 amide bonds. The van der Waals surface area contributed by atoms with Crippen molar-refractivity contribution in [2.24, 2.45) is 5.92 Å². The van der Waals surface area contributed by atoms with E-state index in [1.807, 2.05) is 46.7 Å². The van der Waals surface area contributed by atoms with Crippen molar-refractivity contribution < 1.29 is 14.3 Å². The van der Waals surface area contributed by atoms with Crippen LogP contribution >= 0.6 is 0 Å². The molecular weight excluding hydrogens is 416 g/mol. The van der Waals surface area contributed by atoms with E-state index in [0.717, 1.165) is 54.8 Å². The van der Waals surface area contributed by atoms with E-state index in [4.69, 9.17) is 4.74 Å². The third-order valence-electron chi connectivity index (χ3n) is 6.56. The number of carbonyl (C=O) groups is 2. The highest BCUT2D eigenvalue weighted by molar-refractivity contribution is 5.93. The molecule has 33 heavy (non-hydrogen) atoms. The number of likely N-dealkylation sites (tertiary alicyclic amines) is 1. The van der Waals surface area contributed by atoms with Crippen molar-refractivity contribution >= 4 is 17.5 Å². The van der Waals surface area contributed by atoms with Crippen LogP contribution < -0.4 is 10.1 Å². The molecule has 1 atom stereocenters. The number of carbonyl (C=O) groups excluding carboxylic acids is 2. The second kappa shape index (κ2) is 9.25. The van der Waals surface area contributed by atoms with E-state index in [9.17, 15) is 9.59 Å². The molecule has 1 aromatic carbocycles. The summed E-state index contributed by atoms with van der Waals surface area (Å²) in [5.74, 6) is 1.10. The van der Waals surface area contributed by atoms with Crippen LogP contribution in [0.5, 0.6) is 5.75 Å². The number of piperidine rings is 1. The predicted molar refractivity (Wildman–Crippen MR) is 125 cm³/mol. The van der Waals surface area contributed by atoms with Crippen LogP contribution in [0, 0.1) is 12.8 Å². The van der Waals surface area contributed by atoms with Crippen molar-refractivity contribution in [1.82, 2.24) is 19.6 Å². The van der Waals surface area contributed by atoms with E-state index in [0.29, 0.717) is 31.7 Å². The Morgan fingerprint density at radius 2 is 2.09 bits per heavy atom. The number of nitrogens with one attached hydrogen (secondary N) is 1. The van der Waals surface area contributed by atoms with Gasteiger partial charge in [-0.25, -0.2) is 4.98 Å². The second-order valence-electron chi connectivity index (χ2n) is 9.23. The molecule has 0 aliphatic carbocycles. The summed E-state index contributed by atoms with van der Waals surface area (Å²) in [5, 5.41) is 3.05. The Morgan fingerprint density at radius 1 is 1.18 bits per heavy atom. The third-order valence-corrected chi connectivity index (χ3v) is 6.56. The first-order valence-electron chi connectivity index (χ1n) is 11.8. The number of ether oxygens (including phenoxy) is 1. The van der Waals surface area contributed by atoms with Crippen LogP contribution in [-0.2, 0) is 17.8 Å². The van der Waals surface area contributed by atoms with Crippen molar-refractivity contribution in [2.45, 2.75) is 45.6 Å². The Morgan fingerprint density at radius 3 is 3.00 bits per heavy atom. The maximum atomic E-state index is 13.1. The number of pyridine rings is 1.